The highest BCUT2D eigenvalue weighted by Crippen LogP contribution is 2.29. The molecule has 106 valence electrons. The molecule has 0 aromatic heterocycles. The second-order valence-corrected chi connectivity index (χ2v) is 4.46. The van der Waals surface area contributed by atoms with E-state index in [2.05, 4.69) is 0 Å². The molecule has 0 aliphatic carbocycles. The number of nitro groups is 1. The van der Waals surface area contributed by atoms with Crippen molar-refractivity contribution in [2.45, 2.75) is 6.61 Å². The molecule has 2 rings (SSSR count). The molecule has 2 aromatic rings. The summed E-state index contributed by atoms with van der Waals surface area (Å²) in [5, 5.41) is 19.4. The van der Waals surface area contributed by atoms with E-state index >= 15 is 0 Å². The number of nitriles is 1. The van der Waals surface area contributed by atoms with E-state index < -0.39 is 10.7 Å². The lowest BCUT2D eigenvalue weighted by Gasteiger charge is -2.09. The normalized spacial score (nSPS) is 9.95. The van der Waals surface area contributed by atoms with Crippen molar-refractivity contribution in [2.24, 2.45) is 0 Å². The standard InChI is InChI=1S/C14H8ClFN2O3/c15-12-6-11(18(19)20)4-5-13(12)21-8-10-3-1-2-9(7-17)14(10)16/h1-6H,8H2. The van der Waals surface area contributed by atoms with Gasteiger partial charge in [0, 0.05) is 17.7 Å². The zero-order valence-electron chi connectivity index (χ0n) is 10.5. The lowest BCUT2D eigenvalue weighted by atomic mass is 10.1. The molecular formula is C14H8ClFN2O3. The Hall–Kier alpha value is -2.65. The van der Waals surface area contributed by atoms with Crippen LogP contribution in [0, 0.1) is 27.3 Å². The van der Waals surface area contributed by atoms with E-state index in [-0.39, 0.29) is 34.2 Å². The maximum atomic E-state index is 13.8. The molecule has 0 bridgehead atoms. The number of halogens is 2. The van der Waals surface area contributed by atoms with Crippen LogP contribution in [0.1, 0.15) is 11.1 Å². The Bertz CT molecular complexity index is 743. The van der Waals surface area contributed by atoms with E-state index in [9.17, 15) is 14.5 Å². The minimum atomic E-state index is -0.655. The third kappa shape index (κ3) is 3.27. The van der Waals surface area contributed by atoms with Gasteiger partial charge in [-0.05, 0) is 12.1 Å². The van der Waals surface area contributed by atoms with Crippen molar-refractivity contribution in [1.82, 2.24) is 0 Å². The number of non-ortho nitro benzene ring substituents is 1. The van der Waals surface area contributed by atoms with Gasteiger partial charge in [-0.25, -0.2) is 4.39 Å². The fourth-order valence-electron chi connectivity index (χ4n) is 1.65. The van der Waals surface area contributed by atoms with Crippen molar-refractivity contribution < 1.29 is 14.1 Å². The van der Waals surface area contributed by atoms with Gasteiger partial charge in [-0.1, -0.05) is 23.7 Å². The van der Waals surface area contributed by atoms with Crippen LogP contribution in [0.5, 0.6) is 5.75 Å². The van der Waals surface area contributed by atoms with Crippen molar-refractivity contribution in [3.8, 4) is 11.8 Å². The highest BCUT2D eigenvalue weighted by Gasteiger charge is 2.12. The largest absolute Gasteiger partial charge is 0.487 e. The molecule has 0 heterocycles. The Morgan fingerprint density at radius 2 is 2.14 bits per heavy atom. The SMILES string of the molecule is N#Cc1cccc(COc2ccc([N+](=O)[O-])cc2Cl)c1F. The van der Waals surface area contributed by atoms with Crippen molar-refractivity contribution in [1.29, 1.82) is 5.26 Å². The molecule has 0 saturated carbocycles. The Morgan fingerprint density at radius 1 is 1.38 bits per heavy atom. The minimum absolute atomic E-state index is 0.0565. The molecule has 0 amide bonds. The number of ether oxygens (including phenoxy) is 1. The lowest BCUT2D eigenvalue weighted by molar-refractivity contribution is -0.384. The number of rotatable bonds is 4. The summed E-state index contributed by atoms with van der Waals surface area (Å²) in [6, 6.07) is 9.84. The van der Waals surface area contributed by atoms with Gasteiger partial charge in [0.05, 0.1) is 15.5 Å². The summed E-state index contributed by atoms with van der Waals surface area (Å²) in [4.78, 5) is 10.0. The molecule has 0 saturated heterocycles. The molecule has 0 radical (unpaired) electrons. The summed E-state index contributed by atoms with van der Waals surface area (Å²) >= 11 is 5.86. The first-order valence-corrected chi connectivity index (χ1v) is 6.15. The predicted molar refractivity (Wildman–Crippen MR) is 73.6 cm³/mol. The molecule has 21 heavy (non-hydrogen) atoms. The van der Waals surface area contributed by atoms with Crippen LogP contribution in [-0.2, 0) is 6.61 Å². The molecule has 0 aliphatic rings. The lowest BCUT2D eigenvalue weighted by Crippen LogP contribution is -2.01. The van der Waals surface area contributed by atoms with E-state index in [1.807, 2.05) is 0 Å². The predicted octanol–water partition coefficient (Wildman–Crippen LogP) is 3.84. The Morgan fingerprint density at radius 3 is 2.76 bits per heavy atom. The van der Waals surface area contributed by atoms with Crippen molar-refractivity contribution in [3.63, 3.8) is 0 Å². The monoisotopic (exact) mass is 306 g/mol. The van der Waals surface area contributed by atoms with Gasteiger partial charge in [0.25, 0.3) is 5.69 Å². The maximum Gasteiger partial charge on any atom is 0.271 e. The van der Waals surface area contributed by atoms with Crippen LogP contribution < -0.4 is 4.74 Å². The van der Waals surface area contributed by atoms with Gasteiger partial charge in [-0.3, -0.25) is 10.1 Å². The van der Waals surface area contributed by atoms with Crippen LogP contribution in [0.3, 0.4) is 0 Å². The van der Waals surface area contributed by atoms with Gasteiger partial charge in [-0.15, -0.1) is 0 Å². The topological polar surface area (TPSA) is 76.2 Å². The maximum absolute atomic E-state index is 13.8. The Kier molecular flexibility index (Phi) is 4.36. The van der Waals surface area contributed by atoms with Crippen LogP contribution >= 0.6 is 11.6 Å². The molecule has 0 spiro atoms. The van der Waals surface area contributed by atoms with Gasteiger partial charge in [0.15, 0.2) is 0 Å². The zero-order valence-corrected chi connectivity index (χ0v) is 11.3. The highest BCUT2D eigenvalue weighted by molar-refractivity contribution is 6.32. The average molecular weight is 307 g/mol. The summed E-state index contributed by atoms with van der Waals surface area (Å²) in [5.41, 5.74) is -0.0422. The molecular weight excluding hydrogens is 299 g/mol. The summed E-state index contributed by atoms with van der Waals surface area (Å²) in [6.07, 6.45) is 0. The van der Waals surface area contributed by atoms with Crippen molar-refractivity contribution in [3.05, 3.63) is 68.5 Å². The molecule has 5 nitrogen and oxygen atoms in total. The number of nitrogens with zero attached hydrogens (tertiary/aromatic N) is 2. The number of hydrogen-bond donors (Lipinski definition) is 0. The third-order valence-corrected chi connectivity index (χ3v) is 3.00. The van der Waals surface area contributed by atoms with Crippen LogP contribution in [0.15, 0.2) is 36.4 Å². The summed E-state index contributed by atoms with van der Waals surface area (Å²) in [5.74, 6) is -0.456. The first-order valence-electron chi connectivity index (χ1n) is 5.77. The molecule has 0 unspecified atom stereocenters. The minimum Gasteiger partial charge on any atom is -0.487 e. The molecule has 0 N–H and O–H groups in total. The second-order valence-electron chi connectivity index (χ2n) is 4.05. The fourth-order valence-corrected chi connectivity index (χ4v) is 1.88. The molecule has 7 heteroatoms. The van der Waals surface area contributed by atoms with E-state index in [0.717, 1.165) is 6.07 Å². The van der Waals surface area contributed by atoms with Crippen LogP contribution in [0.4, 0.5) is 10.1 Å². The highest BCUT2D eigenvalue weighted by atomic mass is 35.5. The Balaban J connectivity index is 2.18. The van der Waals surface area contributed by atoms with Crippen LogP contribution in [0.2, 0.25) is 5.02 Å². The van der Waals surface area contributed by atoms with Crippen LogP contribution in [0.25, 0.3) is 0 Å². The van der Waals surface area contributed by atoms with Crippen LogP contribution in [-0.4, -0.2) is 4.92 Å². The van der Waals surface area contributed by atoms with Crippen molar-refractivity contribution in [2.75, 3.05) is 0 Å². The van der Waals surface area contributed by atoms with E-state index in [1.165, 1.54) is 30.3 Å². The average Bonchev–Trinajstić information content (AvgIpc) is 2.47. The van der Waals surface area contributed by atoms with E-state index in [4.69, 9.17) is 21.6 Å². The second kappa shape index (κ2) is 6.20. The first-order chi connectivity index (χ1) is 10.0. The summed E-state index contributed by atoms with van der Waals surface area (Å²) < 4.78 is 19.2. The van der Waals surface area contributed by atoms with Gasteiger partial charge in [-0.2, -0.15) is 5.26 Å². The quantitative estimate of drug-likeness (QED) is 0.635. The fraction of sp³-hybridized carbons (Fsp3) is 0.0714. The smallest absolute Gasteiger partial charge is 0.271 e. The third-order valence-electron chi connectivity index (χ3n) is 2.71. The summed E-state index contributed by atoms with van der Waals surface area (Å²) in [7, 11) is 0. The van der Waals surface area contributed by atoms with Crippen molar-refractivity contribution >= 4 is 17.3 Å². The first kappa shape index (κ1) is 14.8. The molecule has 2 aromatic carbocycles. The summed E-state index contributed by atoms with van der Waals surface area (Å²) in [6.45, 7) is -0.140. The molecule has 0 fully saturated rings. The Labute approximate surface area is 124 Å². The van der Waals surface area contributed by atoms with E-state index in [0.29, 0.717) is 0 Å². The number of hydrogen-bond acceptors (Lipinski definition) is 4. The zero-order chi connectivity index (χ0) is 15.4. The van der Waals surface area contributed by atoms with E-state index in [1.54, 1.807) is 6.07 Å². The molecule has 0 atom stereocenters. The van der Waals surface area contributed by atoms with Gasteiger partial charge < -0.3 is 4.74 Å². The van der Waals surface area contributed by atoms with Gasteiger partial charge in [0.1, 0.15) is 24.2 Å². The van der Waals surface area contributed by atoms with Gasteiger partial charge in [0.2, 0.25) is 0 Å². The molecule has 0 aliphatic heterocycles. The number of nitro benzene ring substituents is 1. The number of benzene rings is 2. The van der Waals surface area contributed by atoms with Gasteiger partial charge >= 0.3 is 0 Å².